The van der Waals surface area contributed by atoms with E-state index in [0.717, 1.165) is 0 Å². The van der Waals surface area contributed by atoms with Crippen LogP contribution >= 0.6 is 0 Å². The minimum absolute atomic E-state index is 0.0306. The van der Waals surface area contributed by atoms with Crippen LogP contribution in [0.3, 0.4) is 0 Å². The lowest BCUT2D eigenvalue weighted by molar-refractivity contribution is -0.160. The van der Waals surface area contributed by atoms with Crippen molar-refractivity contribution in [2.75, 3.05) is 26.2 Å². The molecule has 0 unspecified atom stereocenters. The van der Waals surface area contributed by atoms with Gasteiger partial charge in [-0.2, -0.15) is 13.2 Å². The van der Waals surface area contributed by atoms with E-state index in [1.165, 1.54) is 0 Å². The Morgan fingerprint density at radius 2 is 1.78 bits per heavy atom. The molecule has 0 aliphatic rings. The molecule has 0 heterocycles. The summed E-state index contributed by atoms with van der Waals surface area (Å²) in [5.74, 6) is -0.170. The number of alkyl halides is 3. The fraction of sp³-hybridized carbons (Fsp3) is 0.800. The van der Waals surface area contributed by atoms with Crippen molar-refractivity contribution in [1.29, 1.82) is 0 Å². The van der Waals surface area contributed by atoms with E-state index in [-0.39, 0.29) is 18.9 Å². The van der Waals surface area contributed by atoms with Gasteiger partial charge in [-0.15, -0.1) is 0 Å². The highest BCUT2D eigenvalue weighted by molar-refractivity contribution is 5.77. The zero-order chi connectivity index (χ0) is 14.2. The lowest BCUT2D eigenvalue weighted by atomic mass is 10.3. The Morgan fingerprint density at radius 3 is 2.22 bits per heavy atom. The van der Waals surface area contributed by atoms with Gasteiger partial charge in [-0.3, -0.25) is 4.79 Å². The molecule has 0 aromatic carbocycles. The molecule has 0 atom stereocenters. The quantitative estimate of drug-likeness (QED) is 0.796. The van der Waals surface area contributed by atoms with Crippen molar-refractivity contribution >= 4 is 12.0 Å². The molecule has 0 saturated carbocycles. The molecule has 0 aliphatic heterocycles. The average Bonchev–Trinajstić information content (AvgIpc) is 2.27. The van der Waals surface area contributed by atoms with Crippen LogP contribution in [0.15, 0.2) is 0 Å². The van der Waals surface area contributed by atoms with Crippen LogP contribution in [0.4, 0.5) is 18.0 Å². The summed E-state index contributed by atoms with van der Waals surface area (Å²) in [6.07, 6.45) is -5.70. The highest BCUT2D eigenvalue weighted by atomic mass is 19.4. The Kier molecular flexibility index (Phi) is 7.14. The molecule has 0 saturated heterocycles. The summed E-state index contributed by atoms with van der Waals surface area (Å²) >= 11 is 0. The number of nitrogens with one attached hydrogen (secondary N) is 1. The second-order valence-electron chi connectivity index (χ2n) is 3.43. The van der Waals surface area contributed by atoms with Gasteiger partial charge < -0.3 is 15.0 Å². The smallest absolute Gasteiger partial charge is 0.422 e. The minimum Gasteiger partial charge on any atom is -0.440 e. The van der Waals surface area contributed by atoms with Gasteiger partial charge in [-0.1, -0.05) is 0 Å². The molecular weight excluding hydrogens is 253 g/mol. The molecule has 18 heavy (non-hydrogen) atoms. The summed E-state index contributed by atoms with van der Waals surface area (Å²) < 4.78 is 39.0. The lowest BCUT2D eigenvalue weighted by Crippen LogP contribution is -2.35. The first-order valence-electron chi connectivity index (χ1n) is 5.55. The first-order chi connectivity index (χ1) is 8.30. The van der Waals surface area contributed by atoms with Crippen LogP contribution in [0.1, 0.15) is 20.3 Å². The average molecular weight is 270 g/mol. The topological polar surface area (TPSA) is 58.6 Å². The number of carbonyl (C=O) groups is 2. The normalized spacial score (nSPS) is 10.9. The molecule has 0 fully saturated rings. The van der Waals surface area contributed by atoms with Gasteiger partial charge in [0.15, 0.2) is 6.61 Å². The maximum Gasteiger partial charge on any atom is 0.422 e. The number of ether oxygens (including phenoxy) is 1. The maximum atomic E-state index is 11.7. The van der Waals surface area contributed by atoms with E-state index in [4.69, 9.17) is 0 Å². The van der Waals surface area contributed by atoms with E-state index in [0.29, 0.717) is 13.1 Å². The number of rotatable bonds is 6. The molecule has 5 nitrogen and oxygen atoms in total. The highest BCUT2D eigenvalue weighted by Gasteiger charge is 2.29. The third-order valence-electron chi connectivity index (χ3n) is 2.09. The Balaban J connectivity index is 3.78. The van der Waals surface area contributed by atoms with Crippen LogP contribution in [-0.2, 0) is 9.53 Å². The standard InChI is InChI=1S/C10H17F3N2O3/c1-3-15(4-2)8(16)5-6-14-9(17)18-7-10(11,12)13/h3-7H2,1-2H3,(H,14,17). The second kappa shape index (κ2) is 7.78. The number of nitrogens with zero attached hydrogens (tertiary/aromatic N) is 1. The van der Waals surface area contributed by atoms with Gasteiger partial charge in [-0.05, 0) is 13.8 Å². The molecule has 0 aromatic heterocycles. The molecule has 0 rings (SSSR count). The van der Waals surface area contributed by atoms with Crippen molar-refractivity contribution < 1.29 is 27.5 Å². The molecule has 0 aliphatic carbocycles. The fourth-order valence-corrected chi connectivity index (χ4v) is 1.20. The predicted octanol–water partition coefficient (Wildman–Crippen LogP) is 1.53. The van der Waals surface area contributed by atoms with E-state index < -0.39 is 18.9 Å². The monoisotopic (exact) mass is 270 g/mol. The summed E-state index contributed by atoms with van der Waals surface area (Å²) in [7, 11) is 0. The van der Waals surface area contributed by atoms with Crippen LogP contribution in [0.5, 0.6) is 0 Å². The van der Waals surface area contributed by atoms with Crippen molar-refractivity contribution in [1.82, 2.24) is 10.2 Å². The summed E-state index contributed by atoms with van der Waals surface area (Å²) in [4.78, 5) is 23.8. The maximum absolute atomic E-state index is 11.7. The van der Waals surface area contributed by atoms with Crippen LogP contribution in [-0.4, -0.2) is 49.3 Å². The molecular formula is C10H17F3N2O3. The van der Waals surface area contributed by atoms with Gasteiger partial charge in [0.1, 0.15) is 0 Å². The fourth-order valence-electron chi connectivity index (χ4n) is 1.20. The van der Waals surface area contributed by atoms with E-state index in [1.807, 2.05) is 13.8 Å². The molecule has 0 bridgehead atoms. The summed E-state index contributed by atoms with van der Waals surface area (Å²) in [5, 5.41) is 2.08. The zero-order valence-electron chi connectivity index (χ0n) is 10.3. The Labute approximate surface area is 103 Å². The second-order valence-corrected chi connectivity index (χ2v) is 3.43. The lowest BCUT2D eigenvalue weighted by Gasteiger charge is -2.18. The zero-order valence-corrected chi connectivity index (χ0v) is 10.3. The number of hydrogen-bond donors (Lipinski definition) is 1. The van der Waals surface area contributed by atoms with Gasteiger partial charge in [0.2, 0.25) is 5.91 Å². The van der Waals surface area contributed by atoms with Crippen LogP contribution in [0, 0.1) is 0 Å². The van der Waals surface area contributed by atoms with Gasteiger partial charge in [0.05, 0.1) is 0 Å². The number of amides is 2. The number of hydrogen-bond acceptors (Lipinski definition) is 3. The summed E-state index contributed by atoms with van der Waals surface area (Å²) in [6.45, 7) is 3.04. The SMILES string of the molecule is CCN(CC)C(=O)CCNC(=O)OCC(F)(F)F. The van der Waals surface area contributed by atoms with Crippen LogP contribution < -0.4 is 5.32 Å². The molecule has 0 radical (unpaired) electrons. The molecule has 8 heteroatoms. The molecule has 2 amide bonds. The van der Waals surface area contributed by atoms with Crippen molar-refractivity contribution in [2.45, 2.75) is 26.4 Å². The van der Waals surface area contributed by atoms with Crippen molar-refractivity contribution in [3.05, 3.63) is 0 Å². The number of halogens is 3. The Morgan fingerprint density at radius 1 is 1.22 bits per heavy atom. The molecule has 0 spiro atoms. The summed E-state index contributed by atoms with van der Waals surface area (Å²) in [5.41, 5.74) is 0. The Bertz CT molecular complexity index is 278. The van der Waals surface area contributed by atoms with E-state index in [1.54, 1.807) is 4.90 Å². The third kappa shape index (κ3) is 7.75. The number of carbonyl (C=O) groups excluding carboxylic acids is 2. The summed E-state index contributed by atoms with van der Waals surface area (Å²) in [6, 6.07) is 0. The molecule has 106 valence electrons. The van der Waals surface area contributed by atoms with Crippen LogP contribution in [0.25, 0.3) is 0 Å². The van der Waals surface area contributed by atoms with E-state index in [2.05, 4.69) is 10.1 Å². The van der Waals surface area contributed by atoms with E-state index >= 15 is 0 Å². The van der Waals surface area contributed by atoms with Crippen LogP contribution in [0.2, 0.25) is 0 Å². The molecule has 1 N–H and O–H groups in total. The van der Waals surface area contributed by atoms with Crippen molar-refractivity contribution in [3.8, 4) is 0 Å². The van der Waals surface area contributed by atoms with Gasteiger partial charge in [0.25, 0.3) is 0 Å². The number of alkyl carbamates (subject to hydrolysis) is 1. The minimum atomic E-state index is -4.55. The van der Waals surface area contributed by atoms with Crippen molar-refractivity contribution in [2.24, 2.45) is 0 Å². The Hall–Kier alpha value is -1.47. The van der Waals surface area contributed by atoms with Gasteiger partial charge >= 0.3 is 12.3 Å². The van der Waals surface area contributed by atoms with Gasteiger partial charge in [0, 0.05) is 26.1 Å². The molecule has 0 aromatic rings. The first-order valence-corrected chi connectivity index (χ1v) is 5.55. The first kappa shape index (κ1) is 16.5. The van der Waals surface area contributed by atoms with E-state index in [9.17, 15) is 22.8 Å². The highest BCUT2D eigenvalue weighted by Crippen LogP contribution is 2.14. The van der Waals surface area contributed by atoms with Crippen molar-refractivity contribution in [3.63, 3.8) is 0 Å². The third-order valence-corrected chi connectivity index (χ3v) is 2.09. The largest absolute Gasteiger partial charge is 0.440 e. The predicted molar refractivity (Wildman–Crippen MR) is 58.0 cm³/mol. The van der Waals surface area contributed by atoms with Gasteiger partial charge in [-0.25, -0.2) is 4.79 Å².